The van der Waals surface area contributed by atoms with Crippen LogP contribution >= 0.6 is 0 Å². The fourth-order valence-corrected chi connectivity index (χ4v) is 10.7. The Balaban J connectivity index is 1.14. The van der Waals surface area contributed by atoms with Crippen LogP contribution in [0.2, 0.25) is 0 Å². The minimum atomic E-state index is -5.09. The molecule has 0 unspecified atom stereocenters. The number of carbonyl (C=O) groups is 2. The van der Waals surface area contributed by atoms with Gasteiger partial charge in [0, 0.05) is 13.5 Å². The van der Waals surface area contributed by atoms with Gasteiger partial charge in [0.25, 0.3) is 0 Å². The Hall–Kier alpha value is -6.51. The summed E-state index contributed by atoms with van der Waals surface area (Å²) in [5.74, 6) is -2.58. The summed E-state index contributed by atoms with van der Waals surface area (Å²) in [6.07, 6.45) is -22.1. The van der Waals surface area contributed by atoms with Crippen LogP contribution in [0, 0.1) is 0 Å². The van der Waals surface area contributed by atoms with E-state index in [1.165, 1.54) is 6.92 Å². The number of ether oxygens (including phenoxy) is 12. The lowest BCUT2D eigenvalue weighted by Crippen LogP contribution is -2.69. The molecule has 4 N–H and O–H groups in total. The second kappa shape index (κ2) is 33.4. The molecular weight excluding hydrogens is 1150 g/mol. The van der Waals surface area contributed by atoms with E-state index >= 15 is 0 Å². The Labute approximate surface area is 510 Å². The SMILES string of the molecule is CC(=O)N[C@@H]1[C@H](O[C@H]2[C@H](OCc3ccccc3)[C@@H](OCc3ccccc3)[C@@H](O[C@H]3[C@H](OCCCNC(=O)C(F)(F)F)O[C@@H](C)[C@H](OCc4ccccc4)[C@H]3OCc3ccccc3)O[C@@H]2COCc2ccccc2)O[C@H](CO)[C@@H](O)[C@@H]1OCc1ccccc1. The molecule has 6 aromatic rings. The number of carbonyl (C=O) groups excluding carboxylic acids is 2. The normalized spacial score (nSPS) is 27.3. The van der Waals surface area contributed by atoms with Gasteiger partial charge in [-0.3, -0.25) is 9.59 Å². The number of alkyl halides is 3. The molecule has 0 saturated carbocycles. The average molecular weight is 1220 g/mol. The summed E-state index contributed by atoms with van der Waals surface area (Å²) in [5, 5.41) is 27.5. The fourth-order valence-electron chi connectivity index (χ4n) is 10.7. The summed E-state index contributed by atoms with van der Waals surface area (Å²) in [7, 11) is 0. The maximum Gasteiger partial charge on any atom is 0.471 e. The lowest BCUT2D eigenvalue weighted by molar-refractivity contribution is -0.391. The quantitative estimate of drug-likeness (QED) is 0.0315. The van der Waals surface area contributed by atoms with Crippen LogP contribution in [-0.2, 0) is 106 Å². The molecule has 3 heterocycles. The molecule has 21 heteroatoms. The number of hydrogen-bond acceptors (Lipinski definition) is 16. The first kappa shape index (κ1) is 65.9. The molecule has 0 aromatic heterocycles. The fraction of sp³-hybridized carbons (Fsp3) is 0.433. The Bertz CT molecular complexity index is 2970. The number of rotatable bonds is 30. The summed E-state index contributed by atoms with van der Waals surface area (Å²) in [4.78, 5) is 25.1. The second-order valence-corrected chi connectivity index (χ2v) is 21.7. The topological polar surface area (TPSA) is 209 Å². The van der Waals surface area contributed by atoms with Crippen LogP contribution in [0.1, 0.15) is 53.6 Å². The number of amides is 2. The molecule has 9 rings (SSSR count). The van der Waals surface area contributed by atoms with E-state index in [9.17, 15) is 33.0 Å². The highest BCUT2D eigenvalue weighted by atomic mass is 19.4. The van der Waals surface area contributed by atoms with E-state index in [2.05, 4.69) is 5.32 Å². The highest BCUT2D eigenvalue weighted by molar-refractivity contribution is 5.81. The van der Waals surface area contributed by atoms with Gasteiger partial charge in [-0.15, -0.1) is 0 Å². The summed E-state index contributed by atoms with van der Waals surface area (Å²) < 4.78 is 122. The lowest BCUT2D eigenvalue weighted by Gasteiger charge is -2.51. The molecule has 0 aliphatic carbocycles. The van der Waals surface area contributed by atoms with Crippen molar-refractivity contribution in [3.63, 3.8) is 0 Å². The van der Waals surface area contributed by atoms with Crippen molar-refractivity contribution in [1.29, 1.82) is 0 Å². The van der Waals surface area contributed by atoms with Crippen molar-refractivity contribution in [3.8, 4) is 0 Å². The molecule has 6 aromatic carbocycles. The summed E-state index contributed by atoms with van der Waals surface area (Å²) in [6.45, 7) is 1.97. The number of halogens is 3. The van der Waals surface area contributed by atoms with Gasteiger partial charge in [0.2, 0.25) is 5.91 Å². The number of hydrogen-bond donors (Lipinski definition) is 4. The maximum absolute atomic E-state index is 13.3. The van der Waals surface area contributed by atoms with Crippen molar-refractivity contribution < 1.29 is 89.8 Å². The van der Waals surface area contributed by atoms with E-state index in [0.29, 0.717) is 0 Å². The van der Waals surface area contributed by atoms with Crippen LogP contribution in [0.3, 0.4) is 0 Å². The van der Waals surface area contributed by atoms with Crippen LogP contribution < -0.4 is 10.6 Å². The summed E-state index contributed by atoms with van der Waals surface area (Å²) in [6, 6.07) is 55.3. The van der Waals surface area contributed by atoms with Crippen LogP contribution in [-0.4, -0.2) is 147 Å². The molecule has 88 heavy (non-hydrogen) atoms. The van der Waals surface area contributed by atoms with Crippen molar-refractivity contribution in [2.75, 3.05) is 26.4 Å². The smallest absolute Gasteiger partial charge is 0.394 e. The Morgan fingerprint density at radius 3 is 1.35 bits per heavy atom. The van der Waals surface area contributed by atoms with E-state index in [4.69, 9.17) is 56.8 Å². The minimum absolute atomic E-state index is 0.0127. The van der Waals surface area contributed by atoms with Crippen molar-refractivity contribution in [2.24, 2.45) is 0 Å². The second-order valence-electron chi connectivity index (χ2n) is 21.7. The largest absolute Gasteiger partial charge is 0.471 e. The van der Waals surface area contributed by atoms with Crippen molar-refractivity contribution >= 4 is 11.8 Å². The third-order valence-corrected chi connectivity index (χ3v) is 15.1. The molecule has 3 aliphatic heterocycles. The Morgan fingerprint density at radius 2 is 0.898 bits per heavy atom. The van der Waals surface area contributed by atoms with E-state index in [0.717, 1.165) is 33.4 Å². The molecule has 0 radical (unpaired) electrons. The third-order valence-electron chi connectivity index (χ3n) is 15.1. The first-order chi connectivity index (χ1) is 42.8. The first-order valence-corrected chi connectivity index (χ1v) is 29.5. The summed E-state index contributed by atoms with van der Waals surface area (Å²) >= 11 is 0. The standard InChI is InChI=1S/C67H77F3N2O16/c1-44-56(79-38-47-24-11-4-12-25-47)59(81-40-49-28-15-6-16-29-49)62(64(84-44)78-35-21-34-71-66(76)67(68,69)70)88-65-61(83-42-51-32-19-8-20-33-51)60(82-41-50-30-17-7-18-31-50)57(53(86-65)43-77-37-46-22-9-3-10-23-46)87-63-54(72-45(2)74)58(55(75)52(36-73)85-63)80-39-48-26-13-5-14-27-48/h3-20,22-33,44,52-65,73,75H,21,34-43H2,1-2H3,(H,71,76)(H,72,74)/t44-,52+,53+,54-,55+,56-,57+,58+,59+,60-,61+,62+,63-,64+,65+/m0/s1. The first-order valence-electron chi connectivity index (χ1n) is 29.5. The van der Waals surface area contributed by atoms with Crippen LogP contribution in [0.4, 0.5) is 13.2 Å². The van der Waals surface area contributed by atoms with Gasteiger partial charge in [0.05, 0.1) is 65.6 Å². The van der Waals surface area contributed by atoms with Gasteiger partial charge in [-0.2, -0.15) is 13.2 Å². The van der Waals surface area contributed by atoms with E-state index in [-0.39, 0.29) is 65.8 Å². The number of aliphatic hydroxyl groups is 2. The van der Waals surface area contributed by atoms with Gasteiger partial charge in [0.15, 0.2) is 18.9 Å². The zero-order valence-electron chi connectivity index (χ0n) is 49.0. The molecule has 472 valence electrons. The van der Waals surface area contributed by atoms with Gasteiger partial charge in [-0.05, 0) is 46.7 Å². The van der Waals surface area contributed by atoms with Crippen molar-refractivity contribution in [1.82, 2.24) is 10.6 Å². The summed E-state index contributed by atoms with van der Waals surface area (Å²) in [5.41, 5.74) is 4.83. The predicted octanol–water partition coefficient (Wildman–Crippen LogP) is 8.04. The molecule has 2 amide bonds. The van der Waals surface area contributed by atoms with Crippen molar-refractivity contribution in [3.05, 3.63) is 215 Å². The molecule has 18 nitrogen and oxygen atoms in total. The van der Waals surface area contributed by atoms with E-state index in [1.54, 1.807) is 6.92 Å². The molecule has 3 fully saturated rings. The Kier molecular flexibility index (Phi) is 25.0. The predicted molar refractivity (Wildman–Crippen MR) is 313 cm³/mol. The average Bonchev–Trinajstić information content (AvgIpc) is 1.81. The van der Waals surface area contributed by atoms with Crippen LogP contribution in [0.5, 0.6) is 0 Å². The van der Waals surface area contributed by atoms with Gasteiger partial charge < -0.3 is 77.7 Å². The zero-order chi connectivity index (χ0) is 61.7. The van der Waals surface area contributed by atoms with Crippen LogP contribution in [0.25, 0.3) is 0 Å². The monoisotopic (exact) mass is 1220 g/mol. The van der Waals surface area contributed by atoms with Crippen molar-refractivity contribution in [2.45, 2.75) is 158 Å². The maximum atomic E-state index is 13.3. The number of benzene rings is 6. The minimum Gasteiger partial charge on any atom is -0.394 e. The molecule has 0 spiro atoms. The highest BCUT2D eigenvalue weighted by Gasteiger charge is 2.56. The number of nitrogens with one attached hydrogen (secondary N) is 2. The molecule has 0 bridgehead atoms. The zero-order valence-corrected chi connectivity index (χ0v) is 49.0. The third kappa shape index (κ3) is 19.0. The highest BCUT2D eigenvalue weighted by Crippen LogP contribution is 2.38. The van der Waals surface area contributed by atoms with Crippen LogP contribution in [0.15, 0.2) is 182 Å². The molecule has 15 atom stereocenters. The van der Waals surface area contributed by atoms with Gasteiger partial charge >= 0.3 is 12.1 Å². The molecule has 3 saturated heterocycles. The van der Waals surface area contributed by atoms with Gasteiger partial charge in [0.1, 0.15) is 67.1 Å². The van der Waals surface area contributed by atoms with E-state index < -0.39 is 117 Å². The Morgan fingerprint density at radius 1 is 0.489 bits per heavy atom. The van der Waals surface area contributed by atoms with Gasteiger partial charge in [-0.25, -0.2) is 0 Å². The molecular formula is C67H77F3N2O16. The van der Waals surface area contributed by atoms with E-state index in [1.807, 2.05) is 187 Å². The van der Waals surface area contributed by atoms with Gasteiger partial charge in [-0.1, -0.05) is 182 Å². The lowest BCUT2D eigenvalue weighted by atomic mass is 9.94. The number of aliphatic hydroxyl groups excluding tert-OH is 2. The molecule has 3 aliphatic rings.